The van der Waals surface area contributed by atoms with E-state index in [1.54, 1.807) is 23.5 Å². The third-order valence-corrected chi connectivity index (χ3v) is 4.73. The van der Waals surface area contributed by atoms with E-state index in [0.717, 1.165) is 17.4 Å². The highest BCUT2D eigenvalue weighted by Gasteiger charge is 2.26. The van der Waals surface area contributed by atoms with Crippen LogP contribution >= 0.6 is 22.9 Å². The first-order valence-corrected chi connectivity index (χ1v) is 8.10. The smallest absolute Gasteiger partial charge is 0.0934 e. The largest absolute Gasteiger partial charge is 0.300 e. The number of hydrogen-bond acceptors (Lipinski definition) is 2. The molecule has 0 spiro atoms. The fourth-order valence-electron chi connectivity index (χ4n) is 2.52. The fourth-order valence-corrected chi connectivity index (χ4v) is 3.94. The van der Waals surface area contributed by atoms with Crippen LogP contribution in [0.2, 0.25) is 4.34 Å². The second-order valence-corrected chi connectivity index (χ2v) is 6.83. The molecule has 3 rings (SSSR count). The zero-order chi connectivity index (χ0) is 15.2. The summed E-state index contributed by atoms with van der Waals surface area (Å²) in [6.07, 6.45) is 3.28. The maximum Gasteiger partial charge on any atom is 0.0934 e. The lowest BCUT2D eigenvalue weighted by molar-refractivity contribution is 0.299. The molecule has 1 nitrogen and oxygen atoms in total. The molecule has 0 amide bonds. The van der Waals surface area contributed by atoms with Crippen molar-refractivity contribution in [2.45, 2.75) is 12.5 Å². The fraction of sp³-hybridized carbons (Fsp3) is 0.222. The lowest BCUT2D eigenvalue weighted by Gasteiger charge is -2.30. The number of thiophene rings is 1. The van der Waals surface area contributed by atoms with Crippen LogP contribution in [0, 0.1) is 0 Å². The third-order valence-electron chi connectivity index (χ3n) is 3.46. The van der Waals surface area contributed by atoms with Crippen molar-refractivity contribution >= 4 is 22.9 Å². The standard InChI is InChI=1S/C14H14ClNS.C4H6/c1-16-8-12(10-5-3-2-4-6-10)11-7-14(15)17-13(11)9-16;1-3-4-2/h2-7,12H,8-9H2,1H3;3-4H,1-2H2. The zero-order valence-corrected chi connectivity index (χ0v) is 13.8. The molecule has 0 aliphatic carbocycles. The van der Waals surface area contributed by atoms with Gasteiger partial charge in [0, 0.05) is 23.9 Å². The Hall–Kier alpha value is -1.35. The SMILES string of the molecule is C=CC=C.CN1Cc2sc(Cl)cc2C(c2ccccc2)C1. The van der Waals surface area contributed by atoms with Crippen molar-refractivity contribution in [3.63, 3.8) is 0 Å². The van der Waals surface area contributed by atoms with E-state index in [9.17, 15) is 0 Å². The van der Waals surface area contributed by atoms with Gasteiger partial charge in [0.25, 0.3) is 0 Å². The highest BCUT2D eigenvalue weighted by atomic mass is 35.5. The molecule has 0 bridgehead atoms. The number of hydrogen-bond donors (Lipinski definition) is 0. The molecule has 1 aliphatic heterocycles. The van der Waals surface area contributed by atoms with Crippen LogP contribution in [0.15, 0.2) is 61.7 Å². The van der Waals surface area contributed by atoms with Gasteiger partial charge in [0.05, 0.1) is 4.34 Å². The van der Waals surface area contributed by atoms with E-state index in [4.69, 9.17) is 11.6 Å². The van der Waals surface area contributed by atoms with Crippen LogP contribution < -0.4 is 0 Å². The Labute approximate surface area is 136 Å². The highest BCUT2D eigenvalue weighted by Crippen LogP contribution is 2.39. The van der Waals surface area contributed by atoms with Gasteiger partial charge in [-0.3, -0.25) is 0 Å². The Morgan fingerprint density at radius 1 is 1.24 bits per heavy atom. The Bertz CT molecular complexity index is 597. The minimum absolute atomic E-state index is 0.466. The number of halogens is 1. The molecule has 2 aromatic rings. The van der Waals surface area contributed by atoms with E-state index in [2.05, 4.69) is 61.5 Å². The Morgan fingerprint density at radius 3 is 2.52 bits per heavy atom. The molecule has 0 radical (unpaired) electrons. The van der Waals surface area contributed by atoms with Crippen molar-refractivity contribution in [3.8, 4) is 0 Å². The number of likely N-dealkylation sites (N-methyl/N-ethyl adjacent to an activating group) is 1. The van der Waals surface area contributed by atoms with Gasteiger partial charge < -0.3 is 4.90 Å². The van der Waals surface area contributed by atoms with Crippen LogP contribution in [0.4, 0.5) is 0 Å². The predicted octanol–water partition coefficient (Wildman–Crippen LogP) is 5.34. The van der Waals surface area contributed by atoms with Crippen LogP contribution in [-0.4, -0.2) is 18.5 Å². The molecule has 1 aromatic heterocycles. The van der Waals surface area contributed by atoms with Gasteiger partial charge in [-0.1, -0.05) is 67.2 Å². The average Bonchev–Trinajstić information content (AvgIpc) is 2.87. The summed E-state index contributed by atoms with van der Waals surface area (Å²) in [5.74, 6) is 0.466. The molecular weight excluding hydrogens is 298 g/mol. The van der Waals surface area contributed by atoms with Crippen LogP contribution in [0.1, 0.15) is 21.9 Å². The summed E-state index contributed by atoms with van der Waals surface area (Å²) in [7, 11) is 2.17. The van der Waals surface area contributed by atoms with Crippen molar-refractivity contribution in [2.24, 2.45) is 0 Å². The summed E-state index contributed by atoms with van der Waals surface area (Å²) in [5.41, 5.74) is 2.80. The topological polar surface area (TPSA) is 3.24 Å². The van der Waals surface area contributed by atoms with Crippen LogP contribution in [-0.2, 0) is 6.54 Å². The molecule has 21 heavy (non-hydrogen) atoms. The molecule has 1 aliphatic rings. The van der Waals surface area contributed by atoms with Gasteiger partial charge in [0.2, 0.25) is 0 Å². The predicted molar refractivity (Wildman–Crippen MR) is 94.3 cm³/mol. The van der Waals surface area contributed by atoms with Crippen LogP contribution in [0.5, 0.6) is 0 Å². The number of nitrogens with zero attached hydrogens (tertiary/aromatic N) is 1. The van der Waals surface area contributed by atoms with Gasteiger partial charge in [-0.05, 0) is 24.2 Å². The van der Waals surface area contributed by atoms with E-state index in [1.807, 2.05) is 0 Å². The quantitative estimate of drug-likeness (QED) is 0.676. The molecule has 0 fully saturated rings. The van der Waals surface area contributed by atoms with Gasteiger partial charge in [-0.2, -0.15) is 0 Å². The van der Waals surface area contributed by atoms with E-state index in [0.29, 0.717) is 5.92 Å². The first-order valence-electron chi connectivity index (χ1n) is 6.90. The first kappa shape index (κ1) is 16.0. The Kier molecular flexibility index (Phi) is 5.80. The highest BCUT2D eigenvalue weighted by molar-refractivity contribution is 7.16. The molecule has 3 heteroatoms. The third kappa shape index (κ3) is 4.07. The van der Waals surface area contributed by atoms with Crippen LogP contribution in [0.25, 0.3) is 0 Å². The maximum atomic E-state index is 6.15. The normalized spacial score (nSPS) is 17.3. The van der Waals surface area contributed by atoms with Gasteiger partial charge >= 0.3 is 0 Å². The van der Waals surface area contributed by atoms with Crippen molar-refractivity contribution in [1.82, 2.24) is 4.90 Å². The molecule has 0 N–H and O–H groups in total. The first-order chi connectivity index (χ1) is 10.2. The number of allylic oxidation sites excluding steroid dienone is 2. The second-order valence-electron chi connectivity index (χ2n) is 5.06. The van der Waals surface area contributed by atoms with Crippen LogP contribution in [0.3, 0.4) is 0 Å². The van der Waals surface area contributed by atoms with Crippen molar-refractivity contribution in [1.29, 1.82) is 0 Å². The lowest BCUT2D eigenvalue weighted by atomic mass is 9.89. The number of benzene rings is 1. The molecule has 1 unspecified atom stereocenters. The van der Waals surface area contributed by atoms with E-state index < -0.39 is 0 Å². The monoisotopic (exact) mass is 317 g/mol. The maximum absolute atomic E-state index is 6.15. The summed E-state index contributed by atoms with van der Waals surface area (Å²) in [6.45, 7) is 8.82. The van der Waals surface area contributed by atoms with E-state index in [-0.39, 0.29) is 0 Å². The van der Waals surface area contributed by atoms with Crippen molar-refractivity contribution in [2.75, 3.05) is 13.6 Å². The molecule has 0 saturated carbocycles. The zero-order valence-electron chi connectivity index (χ0n) is 12.3. The average molecular weight is 318 g/mol. The second kappa shape index (κ2) is 7.60. The van der Waals surface area contributed by atoms with Crippen molar-refractivity contribution < 1.29 is 0 Å². The summed E-state index contributed by atoms with van der Waals surface area (Å²) < 4.78 is 0.909. The molecule has 1 aromatic carbocycles. The van der Waals surface area contributed by atoms with E-state index in [1.165, 1.54) is 16.0 Å². The summed E-state index contributed by atoms with van der Waals surface area (Å²) in [6, 6.07) is 12.8. The molecule has 1 atom stereocenters. The van der Waals surface area contributed by atoms with Crippen molar-refractivity contribution in [3.05, 3.63) is 82.0 Å². The minimum Gasteiger partial charge on any atom is -0.300 e. The number of rotatable bonds is 2. The van der Waals surface area contributed by atoms with E-state index >= 15 is 0 Å². The molecular formula is C18H20ClNS. The lowest BCUT2D eigenvalue weighted by Crippen LogP contribution is -2.29. The molecule has 110 valence electrons. The number of fused-ring (bicyclic) bond motifs is 1. The molecule has 2 heterocycles. The van der Waals surface area contributed by atoms with Gasteiger partial charge in [0.1, 0.15) is 0 Å². The molecule has 0 saturated heterocycles. The summed E-state index contributed by atoms with van der Waals surface area (Å²) in [5, 5.41) is 0. The minimum atomic E-state index is 0.466. The Morgan fingerprint density at radius 2 is 1.90 bits per heavy atom. The summed E-state index contributed by atoms with van der Waals surface area (Å²) >= 11 is 7.87. The van der Waals surface area contributed by atoms with Gasteiger partial charge in [-0.15, -0.1) is 11.3 Å². The van der Waals surface area contributed by atoms with Gasteiger partial charge in [0.15, 0.2) is 0 Å². The van der Waals surface area contributed by atoms with Gasteiger partial charge in [-0.25, -0.2) is 0 Å². The summed E-state index contributed by atoms with van der Waals surface area (Å²) in [4.78, 5) is 3.78. The Balaban J connectivity index is 0.000000361.